The van der Waals surface area contributed by atoms with E-state index in [1.165, 1.54) is 6.07 Å². The van der Waals surface area contributed by atoms with Crippen LogP contribution in [-0.4, -0.2) is 47.1 Å². The Labute approximate surface area is 111 Å². The number of amides is 1. The van der Waals surface area contributed by atoms with Crippen molar-refractivity contribution in [3.63, 3.8) is 0 Å². The van der Waals surface area contributed by atoms with Gasteiger partial charge < -0.3 is 14.7 Å². The fourth-order valence-electron chi connectivity index (χ4n) is 2.00. The van der Waals surface area contributed by atoms with Crippen molar-refractivity contribution in [1.82, 2.24) is 4.90 Å². The molecule has 1 aromatic rings. The maximum atomic E-state index is 12.4. The average Bonchev–Trinajstić information content (AvgIpc) is 2.39. The molecule has 1 heterocycles. The van der Waals surface area contributed by atoms with E-state index < -0.39 is 0 Å². The van der Waals surface area contributed by atoms with Crippen LogP contribution in [0.1, 0.15) is 17.3 Å². The van der Waals surface area contributed by atoms with Crippen molar-refractivity contribution in [2.45, 2.75) is 19.1 Å². The Bertz CT molecular complexity index is 438. The SMILES string of the molecule is CC1COC(CCl)CN1C(=O)c1ccccc1O. The molecule has 4 nitrogen and oxygen atoms in total. The molecule has 2 rings (SSSR count). The van der Waals surface area contributed by atoms with E-state index in [0.29, 0.717) is 24.6 Å². The van der Waals surface area contributed by atoms with Gasteiger partial charge in [-0.25, -0.2) is 0 Å². The topological polar surface area (TPSA) is 49.8 Å². The molecule has 1 N–H and O–H groups in total. The number of carbonyl (C=O) groups is 1. The number of nitrogens with zero attached hydrogens (tertiary/aromatic N) is 1. The van der Waals surface area contributed by atoms with E-state index in [2.05, 4.69) is 0 Å². The van der Waals surface area contributed by atoms with Crippen LogP contribution in [0.25, 0.3) is 0 Å². The van der Waals surface area contributed by atoms with Crippen LogP contribution in [0.4, 0.5) is 0 Å². The van der Waals surface area contributed by atoms with Gasteiger partial charge in [-0.2, -0.15) is 0 Å². The Morgan fingerprint density at radius 2 is 2.28 bits per heavy atom. The van der Waals surface area contributed by atoms with Crippen molar-refractivity contribution >= 4 is 17.5 Å². The summed E-state index contributed by atoms with van der Waals surface area (Å²) >= 11 is 5.76. The summed E-state index contributed by atoms with van der Waals surface area (Å²) < 4.78 is 5.50. The fraction of sp³-hybridized carbons (Fsp3) is 0.462. The van der Waals surface area contributed by atoms with Gasteiger partial charge in [0, 0.05) is 6.54 Å². The average molecular weight is 270 g/mol. The second-order valence-electron chi connectivity index (χ2n) is 4.43. The number of aromatic hydroxyl groups is 1. The minimum absolute atomic E-state index is 0.00335. The van der Waals surface area contributed by atoms with E-state index in [9.17, 15) is 9.90 Å². The number of ether oxygens (including phenoxy) is 1. The third kappa shape index (κ3) is 2.60. The fourth-order valence-corrected chi connectivity index (χ4v) is 2.19. The van der Waals surface area contributed by atoms with Crippen LogP contribution >= 0.6 is 11.6 Å². The summed E-state index contributed by atoms with van der Waals surface area (Å²) in [5.74, 6) is 0.180. The van der Waals surface area contributed by atoms with Gasteiger partial charge in [0.25, 0.3) is 5.91 Å². The molecule has 2 unspecified atom stereocenters. The Kier molecular flexibility index (Phi) is 4.09. The first-order valence-electron chi connectivity index (χ1n) is 5.90. The van der Waals surface area contributed by atoms with Crippen LogP contribution in [0.15, 0.2) is 24.3 Å². The second-order valence-corrected chi connectivity index (χ2v) is 4.74. The summed E-state index contributed by atoms with van der Waals surface area (Å²) in [6, 6.07) is 6.54. The standard InChI is InChI=1S/C13H16ClNO3/c1-9-8-18-10(6-14)7-15(9)13(17)11-4-2-3-5-12(11)16/h2-5,9-10,16H,6-8H2,1H3. The molecular weight excluding hydrogens is 254 g/mol. The van der Waals surface area contributed by atoms with Crippen molar-refractivity contribution in [2.75, 3.05) is 19.0 Å². The highest BCUT2D eigenvalue weighted by Gasteiger charge is 2.30. The van der Waals surface area contributed by atoms with Crippen molar-refractivity contribution < 1.29 is 14.6 Å². The predicted molar refractivity (Wildman–Crippen MR) is 69.1 cm³/mol. The Morgan fingerprint density at radius 3 is 2.94 bits per heavy atom. The van der Waals surface area contributed by atoms with Gasteiger partial charge in [-0.1, -0.05) is 12.1 Å². The highest BCUT2D eigenvalue weighted by molar-refractivity contribution is 6.18. The van der Waals surface area contributed by atoms with Crippen LogP contribution in [-0.2, 0) is 4.74 Å². The first kappa shape index (κ1) is 13.2. The lowest BCUT2D eigenvalue weighted by molar-refractivity contribution is -0.0372. The molecule has 0 aromatic heterocycles. The number of alkyl halides is 1. The van der Waals surface area contributed by atoms with Crippen molar-refractivity contribution in [3.05, 3.63) is 29.8 Å². The highest BCUT2D eigenvalue weighted by Crippen LogP contribution is 2.21. The number of halogens is 1. The smallest absolute Gasteiger partial charge is 0.258 e. The third-order valence-corrected chi connectivity index (χ3v) is 3.42. The largest absolute Gasteiger partial charge is 0.507 e. The minimum atomic E-state index is -0.181. The summed E-state index contributed by atoms with van der Waals surface area (Å²) in [4.78, 5) is 14.1. The normalized spacial score (nSPS) is 24.0. The zero-order valence-corrected chi connectivity index (χ0v) is 10.9. The number of phenolic OH excluding ortho intramolecular Hbond substituents is 1. The molecule has 1 aliphatic heterocycles. The lowest BCUT2D eigenvalue weighted by atomic mass is 10.1. The van der Waals surface area contributed by atoms with Crippen molar-refractivity contribution in [3.8, 4) is 5.75 Å². The number of benzene rings is 1. The van der Waals surface area contributed by atoms with Gasteiger partial charge in [0.05, 0.1) is 30.2 Å². The van der Waals surface area contributed by atoms with E-state index in [1.807, 2.05) is 6.92 Å². The summed E-state index contributed by atoms with van der Waals surface area (Å²) in [6.45, 7) is 2.84. The number of phenols is 1. The quantitative estimate of drug-likeness (QED) is 0.834. The van der Waals surface area contributed by atoms with Crippen LogP contribution < -0.4 is 0 Å². The Balaban J connectivity index is 2.19. The molecule has 18 heavy (non-hydrogen) atoms. The highest BCUT2D eigenvalue weighted by atomic mass is 35.5. The van der Waals surface area contributed by atoms with Crippen molar-refractivity contribution in [1.29, 1.82) is 0 Å². The summed E-state index contributed by atoms with van der Waals surface area (Å²) in [7, 11) is 0. The molecule has 1 saturated heterocycles. The lowest BCUT2D eigenvalue weighted by Crippen LogP contribution is -2.51. The van der Waals surface area contributed by atoms with E-state index in [0.717, 1.165) is 0 Å². The van der Waals surface area contributed by atoms with Gasteiger partial charge in [-0.15, -0.1) is 11.6 Å². The first-order chi connectivity index (χ1) is 8.63. The summed E-state index contributed by atoms with van der Waals surface area (Å²) in [6.07, 6.45) is -0.141. The molecule has 98 valence electrons. The van der Waals surface area contributed by atoms with Gasteiger partial charge >= 0.3 is 0 Å². The number of hydrogen-bond acceptors (Lipinski definition) is 3. The molecular formula is C13H16ClNO3. The lowest BCUT2D eigenvalue weighted by Gasteiger charge is -2.37. The number of para-hydroxylation sites is 1. The van der Waals surface area contributed by atoms with Crippen LogP contribution in [0, 0.1) is 0 Å². The van der Waals surface area contributed by atoms with Gasteiger partial charge in [0.1, 0.15) is 5.75 Å². The number of rotatable bonds is 2. The van der Waals surface area contributed by atoms with E-state index >= 15 is 0 Å². The molecule has 1 fully saturated rings. The Morgan fingerprint density at radius 1 is 1.56 bits per heavy atom. The van der Waals surface area contributed by atoms with Crippen molar-refractivity contribution in [2.24, 2.45) is 0 Å². The van der Waals surface area contributed by atoms with Gasteiger partial charge in [-0.3, -0.25) is 4.79 Å². The van der Waals surface area contributed by atoms with Crippen LogP contribution in [0.2, 0.25) is 0 Å². The molecule has 2 atom stereocenters. The van der Waals surface area contributed by atoms with Gasteiger partial charge in [0.2, 0.25) is 0 Å². The third-order valence-electron chi connectivity index (χ3n) is 3.07. The zero-order valence-electron chi connectivity index (χ0n) is 10.2. The molecule has 0 saturated carbocycles. The Hall–Kier alpha value is -1.26. The molecule has 5 heteroatoms. The minimum Gasteiger partial charge on any atom is -0.507 e. The number of hydrogen-bond donors (Lipinski definition) is 1. The molecule has 0 radical (unpaired) electrons. The van der Waals surface area contributed by atoms with Crippen LogP contribution in [0.5, 0.6) is 5.75 Å². The summed E-state index contributed by atoms with van der Waals surface area (Å²) in [5, 5.41) is 9.72. The number of carbonyl (C=O) groups excluding carboxylic acids is 1. The van der Waals surface area contributed by atoms with Gasteiger partial charge in [0.15, 0.2) is 0 Å². The molecule has 0 spiro atoms. The predicted octanol–water partition coefficient (Wildman–Crippen LogP) is 1.86. The number of morpholine rings is 1. The molecule has 1 aromatic carbocycles. The summed E-state index contributed by atoms with van der Waals surface area (Å²) in [5.41, 5.74) is 0.319. The van der Waals surface area contributed by atoms with Gasteiger partial charge in [-0.05, 0) is 19.1 Å². The maximum absolute atomic E-state index is 12.4. The molecule has 0 bridgehead atoms. The van der Waals surface area contributed by atoms with E-state index in [-0.39, 0.29) is 23.8 Å². The monoisotopic (exact) mass is 269 g/mol. The van der Waals surface area contributed by atoms with Crippen LogP contribution in [0.3, 0.4) is 0 Å². The second kappa shape index (κ2) is 5.59. The van der Waals surface area contributed by atoms with E-state index in [4.69, 9.17) is 16.3 Å². The molecule has 1 amide bonds. The molecule has 0 aliphatic carbocycles. The first-order valence-corrected chi connectivity index (χ1v) is 6.43. The maximum Gasteiger partial charge on any atom is 0.258 e. The molecule has 1 aliphatic rings. The zero-order chi connectivity index (χ0) is 13.1. The van der Waals surface area contributed by atoms with E-state index in [1.54, 1.807) is 23.1 Å².